The van der Waals surface area contributed by atoms with Crippen molar-refractivity contribution >= 4 is 10.8 Å². The highest BCUT2D eigenvalue weighted by Crippen LogP contribution is 2.11. The number of hydrogen-bond acceptors (Lipinski definition) is 2. The lowest BCUT2D eigenvalue weighted by atomic mass is 10.1. The van der Waals surface area contributed by atoms with E-state index in [1.165, 1.54) is 10.8 Å². The molecular formula is C16H16N4. The van der Waals surface area contributed by atoms with Crippen LogP contribution in [0.3, 0.4) is 0 Å². The Morgan fingerprint density at radius 2 is 1.00 bits per heavy atom. The van der Waals surface area contributed by atoms with Gasteiger partial charge in [-0.25, -0.2) is 9.97 Å². The van der Waals surface area contributed by atoms with Gasteiger partial charge in [0, 0.05) is 24.8 Å². The molecule has 0 saturated heterocycles. The lowest BCUT2D eigenvalue weighted by Crippen LogP contribution is -1.67. The Hall–Kier alpha value is -2.88. The summed E-state index contributed by atoms with van der Waals surface area (Å²) in [5.41, 5.74) is 0. The molecule has 2 aromatic heterocycles. The summed E-state index contributed by atoms with van der Waals surface area (Å²) in [5.74, 6) is 0. The number of imidazole rings is 2. The third-order valence-corrected chi connectivity index (χ3v) is 2.47. The van der Waals surface area contributed by atoms with Crippen molar-refractivity contribution in [1.82, 2.24) is 19.9 Å². The van der Waals surface area contributed by atoms with Crippen molar-refractivity contribution in [2.45, 2.75) is 0 Å². The first-order chi connectivity index (χ1) is 9.97. The molecular weight excluding hydrogens is 248 g/mol. The van der Waals surface area contributed by atoms with E-state index in [4.69, 9.17) is 0 Å². The number of aromatic nitrogens is 4. The standard InChI is InChI=1S/C10H8.2C3H4N2/c1-2-6-10-8-4-3-7-9(10)5-1;2*1-2-5-3-4-1/h1-8H;2*1-3H,(H,4,5). The average Bonchev–Trinajstić information content (AvgIpc) is 3.25. The molecule has 20 heavy (non-hydrogen) atoms. The summed E-state index contributed by atoms with van der Waals surface area (Å²) in [5, 5.41) is 2.62. The molecule has 2 N–H and O–H groups in total. The van der Waals surface area contributed by atoms with Crippen molar-refractivity contribution in [3.05, 3.63) is 86.0 Å². The molecule has 100 valence electrons. The second-order valence-electron chi connectivity index (χ2n) is 3.87. The number of benzene rings is 2. The monoisotopic (exact) mass is 264 g/mol. The summed E-state index contributed by atoms with van der Waals surface area (Å²) in [7, 11) is 0. The van der Waals surface area contributed by atoms with E-state index >= 15 is 0 Å². The largest absolute Gasteiger partial charge is 0.351 e. The molecule has 0 saturated carbocycles. The number of H-pyrrole nitrogens is 2. The molecule has 0 amide bonds. The molecule has 4 aromatic rings. The van der Waals surface area contributed by atoms with E-state index in [-0.39, 0.29) is 0 Å². The molecule has 4 rings (SSSR count). The van der Waals surface area contributed by atoms with E-state index < -0.39 is 0 Å². The van der Waals surface area contributed by atoms with E-state index in [1.54, 1.807) is 37.4 Å². The van der Waals surface area contributed by atoms with Crippen molar-refractivity contribution < 1.29 is 0 Å². The van der Waals surface area contributed by atoms with Gasteiger partial charge in [0.05, 0.1) is 12.7 Å². The Morgan fingerprint density at radius 3 is 1.20 bits per heavy atom. The predicted molar refractivity (Wildman–Crippen MR) is 81.1 cm³/mol. The van der Waals surface area contributed by atoms with Crippen molar-refractivity contribution in [1.29, 1.82) is 0 Å². The summed E-state index contributed by atoms with van der Waals surface area (Å²) in [6.07, 6.45) is 10.2. The van der Waals surface area contributed by atoms with Gasteiger partial charge in [0.25, 0.3) is 0 Å². The first kappa shape index (κ1) is 13.5. The fraction of sp³-hybridized carbons (Fsp3) is 0. The van der Waals surface area contributed by atoms with Crippen LogP contribution in [0.15, 0.2) is 86.0 Å². The van der Waals surface area contributed by atoms with Crippen molar-refractivity contribution in [3.63, 3.8) is 0 Å². The summed E-state index contributed by atoms with van der Waals surface area (Å²) >= 11 is 0. The van der Waals surface area contributed by atoms with Crippen LogP contribution in [0.5, 0.6) is 0 Å². The second kappa shape index (κ2) is 8.26. The molecule has 0 radical (unpaired) electrons. The second-order valence-corrected chi connectivity index (χ2v) is 3.87. The van der Waals surface area contributed by atoms with Gasteiger partial charge in [-0.1, -0.05) is 48.5 Å². The molecule has 0 aliphatic heterocycles. The van der Waals surface area contributed by atoms with Gasteiger partial charge in [-0.2, -0.15) is 0 Å². The number of hydrogen-bond donors (Lipinski definition) is 2. The molecule has 0 aliphatic rings. The number of fused-ring (bicyclic) bond motifs is 1. The van der Waals surface area contributed by atoms with Gasteiger partial charge < -0.3 is 9.97 Å². The Morgan fingerprint density at radius 1 is 0.600 bits per heavy atom. The molecule has 4 nitrogen and oxygen atoms in total. The molecule has 2 heterocycles. The third-order valence-electron chi connectivity index (χ3n) is 2.47. The van der Waals surface area contributed by atoms with Crippen molar-refractivity contribution in [2.24, 2.45) is 0 Å². The Kier molecular flexibility index (Phi) is 5.60. The van der Waals surface area contributed by atoms with Crippen LogP contribution >= 0.6 is 0 Å². The number of aromatic amines is 2. The average molecular weight is 264 g/mol. The number of rotatable bonds is 0. The Labute approximate surface area is 117 Å². The zero-order chi connectivity index (χ0) is 13.9. The van der Waals surface area contributed by atoms with Crippen LogP contribution in [0.4, 0.5) is 0 Å². The van der Waals surface area contributed by atoms with Crippen LogP contribution in [0.25, 0.3) is 10.8 Å². The van der Waals surface area contributed by atoms with E-state index in [9.17, 15) is 0 Å². The van der Waals surface area contributed by atoms with E-state index in [0.717, 1.165) is 0 Å². The number of nitrogens with zero attached hydrogens (tertiary/aromatic N) is 2. The maximum atomic E-state index is 3.67. The number of nitrogens with one attached hydrogen (secondary N) is 2. The fourth-order valence-corrected chi connectivity index (χ4v) is 1.56. The van der Waals surface area contributed by atoms with Crippen LogP contribution in [0.1, 0.15) is 0 Å². The summed E-state index contributed by atoms with van der Waals surface area (Å²) in [6, 6.07) is 16.7. The minimum Gasteiger partial charge on any atom is -0.351 e. The minimum absolute atomic E-state index is 1.31. The molecule has 0 aliphatic carbocycles. The summed E-state index contributed by atoms with van der Waals surface area (Å²) < 4.78 is 0. The topological polar surface area (TPSA) is 57.4 Å². The first-order valence-corrected chi connectivity index (χ1v) is 6.26. The highest BCUT2D eigenvalue weighted by Gasteiger charge is 1.85. The minimum atomic E-state index is 1.31. The zero-order valence-electron chi connectivity index (χ0n) is 11.0. The van der Waals surface area contributed by atoms with E-state index in [1.807, 2.05) is 0 Å². The molecule has 0 unspecified atom stereocenters. The Bertz CT molecular complexity index is 546. The molecule has 0 bridgehead atoms. The maximum Gasteiger partial charge on any atom is 0.0919 e. The lowest BCUT2D eigenvalue weighted by Gasteiger charge is -1.92. The van der Waals surface area contributed by atoms with Gasteiger partial charge >= 0.3 is 0 Å². The van der Waals surface area contributed by atoms with Crippen LogP contribution < -0.4 is 0 Å². The van der Waals surface area contributed by atoms with E-state index in [0.29, 0.717) is 0 Å². The van der Waals surface area contributed by atoms with Crippen molar-refractivity contribution in [3.8, 4) is 0 Å². The maximum absolute atomic E-state index is 3.67. The predicted octanol–water partition coefficient (Wildman–Crippen LogP) is 3.66. The van der Waals surface area contributed by atoms with Gasteiger partial charge in [0.15, 0.2) is 0 Å². The van der Waals surface area contributed by atoms with Crippen LogP contribution in [-0.2, 0) is 0 Å². The zero-order valence-corrected chi connectivity index (χ0v) is 11.0. The quantitative estimate of drug-likeness (QED) is 0.509. The van der Waals surface area contributed by atoms with Crippen LogP contribution in [0, 0.1) is 0 Å². The highest BCUT2D eigenvalue weighted by atomic mass is 14.8. The molecule has 4 heteroatoms. The third kappa shape index (κ3) is 4.78. The van der Waals surface area contributed by atoms with Gasteiger partial charge in [0.1, 0.15) is 0 Å². The summed E-state index contributed by atoms with van der Waals surface area (Å²) in [6.45, 7) is 0. The first-order valence-electron chi connectivity index (χ1n) is 6.26. The van der Waals surface area contributed by atoms with Crippen molar-refractivity contribution in [2.75, 3.05) is 0 Å². The smallest absolute Gasteiger partial charge is 0.0919 e. The summed E-state index contributed by atoms with van der Waals surface area (Å²) in [4.78, 5) is 12.8. The van der Waals surface area contributed by atoms with Gasteiger partial charge in [-0.3, -0.25) is 0 Å². The molecule has 0 atom stereocenters. The van der Waals surface area contributed by atoms with E-state index in [2.05, 4.69) is 68.5 Å². The fourth-order valence-electron chi connectivity index (χ4n) is 1.56. The van der Waals surface area contributed by atoms with Gasteiger partial charge in [0.2, 0.25) is 0 Å². The van der Waals surface area contributed by atoms with Gasteiger partial charge in [-0.15, -0.1) is 0 Å². The molecule has 0 spiro atoms. The lowest BCUT2D eigenvalue weighted by molar-refractivity contribution is 1.31. The molecule has 0 fully saturated rings. The van der Waals surface area contributed by atoms with Crippen LogP contribution in [-0.4, -0.2) is 19.9 Å². The Balaban J connectivity index is 0.000000124. The van der Waals surface area contributed by atoms with Crippen LogP contribution in [0.2, 0.25) is 0 Å². The van der Waals surface area contributed by atoms with Gasteiger partial charge in [-0.05, 0) is 10.8 Å². The molecule has 2 aromatic carbocycles. The highest BCUT2D eigenvalue weighted by molar-refractivity contribution is 5.81. The SMILES string of the molecule is c1c[nH]cn1.c1c[nH]cn1.c1ccc2ccccc2c1. The normalized spacial score (nSPS) is 9.00.